The molecule has 7 nitrogen and oxygen atoms in total. The molecule has 1 unspecified atom stereocenters. The van der Waals surface area contributed by atoms with Crippen LogP contribution in [0.3, 0.4) is 0 Å². The summed E-state index contributed by atoms with van der Waals surface area (Å²) >= 11 is 0. The van der Waals surface area contributed by atoms with Crippen LogP contribution in [-0.2, 0) is 6.61 Å². The highest BCUT2D eigenvalue weighted by Crippen LogP contribution is 2.24. The summed E-state index contributed by atoms with van der Waals surface area (Å²) in [4.78, 5) is 12.5. The number of aryl methyl sites for hydroxylation is 1. The number of nitriles is 1. The minimum Gasteiger partial charge on any atom is -0.490 e. The van der Waals surface area contributed by atoms with Crippen LogP contribution in [-0.4, -0.2) is 42.0 Å². The van der Waals surface area contributed by atoms with Crippen LogP contribution in [0, 0.1) is 25.2 Å². The number of carbonyl (C=O) groups is 1. The topological polar surface area (TPSA) is 112 Å². The summed E-state index contributed by atoms with van der Waals surface area (Å²) in [6.07, 6.45) is -4.85. The van der Waals surface area contributed by atoms with Crippen molar-refractivity contribution in [3.05, 3.63) is 52.6 Å². The molecule has 0 saturated carbocycles. The van der Waals surface area contributed by atoms with Gasteiger partial charge in [-0.05, 0) is 73.3 Å². The normalized spacial score (nSPS) is 13.0. The number of hydrogen-bond acceptors (Lipinski definition) is 6. The Morgan fingerprint density at radius 2 is 1.88 bits per heavy atom. The number of aliphatic hydroxyl groups excluding tert-OH is 1. The van der Waals surface area contributed by atoms with E-state index in [0.29, 0.717) is 27.9 Å². The molecule has 0 aromatic heterocycles. The molecule has 11 heteroatoms. The van der Waals surface area contributed by atoms with E-state index in [-0.39, 0.29) is 18.8 Å². The van der Waals surface area contributed by atoms with Crippen molar-refractivity contribution in [3.8, 4) is 17.6 Å². The SMILES string of the molecule is Cc1cc(OCC(C)(C#N)NC(=O)c2ccc(OC(F)(F)F)cc2)c(C)c([B]O)c1CO. The molecule has 0 fully saturated rings. The molecule has 0 bridgehead atoms. The summed E-state index contributed by atoms with van der Waals surface area (Å²) in [7, 11) is 0.859. The van der Waals surface area contributed by atoms with Gasteiger partial charge in [0.05, 0.1) is 12.7 Å². The smallest absolute Gasteiger partial charge is 0.490 e. The van der Waals surface area contributed by atoms with Gasteiger partial charge in [-0.1, -0.05) is 0 Å². The summed E-state index contributed by atoms with van der Waals surface area (Å²) in [5.74, 6) is -0.817. The van der Waals surface area contributed by atoms with Crippen LogP contribution in [0.5, 0.6) is 11.5 Å². The number of halogens is 3. The van der Waals surface area contributed by atoms with Crippen LogP contribution in [0.4, 0.5) is 13.2 Å². The van der Waals surface area contributed by atoms with Gasteiger partial charge in [-0.25, -0.2) is 0 Å². The highest BCUT2D eigenvalue weighted by Gasteiger charge is 2.31. The fourth-order valence-electron chi connectivity index (χ4n) is 2.95. The number of hydrogen-bond donors (Lipinski definition) is 3. The Kier molecular flexibility index (Phi) is 7.77. The van der Waals surface area contributed by atoms with Gasteiger partial charge in [0.1, 0.15) is 18.1 Å². The number of carbonyl (C=O) groups excluding carboxylic acids is 1. The molecule has 0 heterocycles. The molecular formula is C21H21BF3N2O5. The van der Waals surface area contributed by atoms with Crippen molar-refractivity contribution in [2.45, 2.75) is 39.3 Å². The molecular weight excluding hydrogens is 428 g/mol. The van der Waals surface area contributed by atoms with E-state index in [0.717, 1.165) is 31.7 Å². The predicted molar refractivity (Wildman–Crippen MR) is 110 cm³/mol. The van der Waals surface area contributed by atoms with Crippen LogP contribution >= 0.6 is 0 Å². The van der Waals surface area contributed by atoms with Crippen molar-refractivity contribution in [2.75, 3.05) is 6.61 Å². The number of ether oxygens (including phenoxy) is 2. The van der Waals surface area contributed by atoms with Gasteiger partial charge in [0.25, 0.3) is 5.91 Å². The Balaban J connectivity index is 2.14. The number of nitrogens with zero attached hydrogens (tertiary/aromatic N) is 1. The van der Waals surface area contributed by atoms with E-state index in [9.17, 15) is 33.4 Å². The zero-order valence-electron chi connectivity index (χ0n) is 17.6. The summed E-state index contributed by atoms with van der Waals surface area (Å²) in [6, 6.07) is 7.85. The van der Waals surface area contributed by atoms with E-state index in [4.69, 9.17) is 4.74 Å². The summed E-state index contributed by atoms with van der Waals surface area (Å²) in [6.45, 7) is 4.28. The fourth-order valence-corrected chi connectivity index (χ4v) is 2.95. The maximum Gasteiger partial charge on any atom is 0.573 e. The van der Waals surface area contributed by atoms with Crippen molar-refractivity contribution >= 4 is 18.9 Å². The highest BCUT2D eigenvalue weighted by atomic mass is 19.4. The zero-order chi connectivity index (χ0) is 24.1. The van der Waals surface area contributed by atoms with Crippen LogP contribution in [0.25, 0.3) is 0 Å². The van der Waals surface area contributed by atoms with E-state index in [1.165, 1.54) is 6.92 Å². The largest absolute Gasteiger partial charge is 0.573 e. The molecule has 0 spiro atoms. The lowest BCUT2D eigenvalue weighted by atomic mass is 9.79. The van der Waals surface area contributed by atoms with Gasteiger partial charge in [-0.3, -0.25) is 4.79 Å². The zero-order valence-corrected chi connectivity index (χ0v) is 17.6. The van der Waals surface area contributed by atoms with Gasteiger partial charge in [-0.15, -0.1) is 13.2 Å². The predicted octanol–water partition coefficient (Wildman–Crippen LogP) is 2.02. The minimum absolute atomic E-state index is 0.0255. The lowest BCUT2D eigenvalue weighted by molar-refractivity contribution is -0.274. The Bertz CT molecular complexity index is 1020. The number of aliphatic hydroxyl groups is 1. The van der Waals surface area contributed by atoms with E-state index in [2.05, 4.69) is 10.1 Å². The molecule has 0 aliphatic heterocycles. The van der Waals surface area contributed by atoms with Crippen LogP contribution in [0.2, 0.25) is 0 Å². The first-order valence-corrected chi connectivity index (χ1v) is 9.36. The summed E-state index contributed by atoms with van der Waals surface area (Å²) in [5, 5.41) is 31.1. The van der Waals surface area contributed by atoms with Gasteiger partial charge < -0.3 is 24.9 Å². The van der Waals surface area contributed by atoms with Crippen LogP contribution in [0.15, 0.2) is 30.3 Å². The third kappa shape index (κ3) is 6.15. The average molecular weight is 449 g/mol. The minimum atomic E-state index is -4.85. The molecule has 32 heavy (non-hydrogen) atoms. The molecule has 0 saturated heterocycles. The van der Waals surface area contributed by atoms with E-state index in [1.54, 1.807) is 19.9 Å². The quantitative estimate of drug-likeness (QED) is 0.532. The van der Waals surface area contributed by atoms with Crippen molar-refractivity contribution in [3.63, 3.8) is 0 Å². The standard InChI is InChI=1S/C21H21BF3N2O5/c1-12-8-17(13(2)18(22-30)16(12)9-28)31-11-20(3,10-26)27-19(29)14-4-6-15(7-5-14)32-21(23,24)25/h4-8,28,30H,9,11H2,1-3H3,(H,27,29). The molecule has 0 aliphatic carbocycles. The molecule has 169 valence electrons. The Morgan fingerprint density at radius 3 is 2.38 bits per heavy atom. The number of rotatable bonds is 8. The maximum atomic E-state index is 12.5. The fraction of sp³-hybridized carbons (Fsp3) is 0.333. The first kappa shape index (κ1) is 25.0. The Labute approximate surface area is 183 Å². The molecule has 1 atom stereocenters. The molecule has 2 aromatic rings. The number of nitrogens with one attached hydrogen (secondary N) is 1. The van der Waals surface area contributed by atoms with Gasteiger partial charge in [0.15, 0.2) is 5.54 Å². The van der Waals surface area contributed by atoms with Crippen molar-refractivity contribution in [2.24, 2.45) is 0 Å². The maximum absolute atomic E-state index is 12.5. The van der Waals surface area contributed by atoms with Crippen LogP contribution in [0.1, 0.15) is 34.0 Å². The molecule has 0 aliphatic rings. The molecule has 1 amide bonds. The van der Waals surface area contributed by atoms with Crippen molar-refractivity contribution < 1.29 is 37.6 Å². The lowest BCUT2D eigenvalue weighted by Gasteiger charge is -2.25. The summed E-state index contributed by atoms with van der Waals surface area (Å²) < 4.78 is 46.3. The van der Waals surface area contributed by atoms with Crippen molar-refractivity contribution in [1.29, 1.82) is 5.26 Å². The van der Waals surface area contributed by atoms with Gasteiger partial charge in [0, 0.05) is 5.56 Å². The Hall–Kier alpha value is -3.23. The average Bonchev–Trinajstić information content (AvgIpc) is 2.73. The molecule has 2 rings (SSSR count). The number of amides is 1. The second kappa shape index (κ2) is 9.93. The van der Waals surface area contributed by atoms with Gasteiger partial charge >= 0.3 is 13.8 Å². The molecule has 1 radical (unpaired) electrons. The van der Waals surface area contributed by atoms with E-state index in [1.807, 2.05) is 6.07 Å². The van der Waals surface area contributed by atoms with E-state index >= 15 is 0 Å². The molecule has 3 N–H and O–H groups in total. The lowest BCUT2D eigenvalue weighted by Crippen LogP contribution is -2.49. The van der Waals surface area contributed by atoms with Crippen LogP contribution < -0.4 is 20.3 Å². The monoisotopic (exact) mass is 449 g/mol. The highest BCUT2D eigenvalue weighted by molar-refractivity contribution is 6.47. The number of benzene rings is 2. The Morgan fingerprint density at radius 1 is 1.25 bits per heavy atom. The third-order valence-electron chi connectivity index (χ3n) is 4.71. The first-order chi connectivity index (χ1) is 14.9. The van der Waals surface area contributed by atoms with Gasteiger partial charge in [0.2, 0.25) is 0 Å². The van der Waals surface area contributed by atoms with Crippen molar-refractivity contribution in [1.82, 2.24) is 5.32 Å². The second-order valence-electron chi connectivity index (χ2n) is 7.25. The third-order valence-corrected chi connectivity index (χ3v) is 4.71. The van der Waals surface area contributed by atoms with E-state index < -0.39 is 23.6 Å². The summed E-state index contributed by atoms with van der Waals surface area (Å²) in [5.41, 5.74) is 0.680. The first-order valence-electron chi connectivity index (χ1n) is 9.36. The second-order valence-corrected chi connectivity index (χ2v) is 7.25. The van der Waals surface area contributed by atoms with Gasteiger partial charge in [-0.2, -0.15) is 5.26 Å². The molecule has 2 aromatic carbocycles. The number of alkyl halides is 3.